The van der Waals surface area contributed by atoms with Gasteiger partial charge in [-0.2, -0.15) is 13.2 Å². The summed E-state index contributed by atoms with van der Waals surface area (Å²) in [5.74, 6) is 1.23. The van der Waals surface area contributed by atoms with Crippen LogP contribution in [0.25, 0.3) is 0 Å². The molecule has 29 heavy (non-hydrogen) atoms. The first-order valence-corrected chi connectivity index (χ1v) is 9.33. The van der Waals surface area contributed by atoms with Crippen LogP contribution in [0, 0.1) is 6.92 Å². The molecule has 1 aromatic heterocycles. The lowest BCUT2D eigenvalue weighted by Crippen LogP contribution is -2.52. The Bertz CT molecular complexity index is 802. The maximum absolute atomic E-state index is 12.6. The summed E-state index contributed by atoms with van der Waals surface area (Å²) >= 11 is 0. The summed E-state index contributed by atoms with van der Waals surface area (Å²) in [6.07, 6.45) is -3.56. The Morgan fingerprint density at radius 1 is 1.10 bits per heavy atom. The highest BCUT2D eigenvalue weighted by molar-refractivity contribution is 5.74. The molecule has 1 aliphatic heterocycles. The predicted molar refractivity (Wildman–Crippen MR) is 103 cm³/mol. The molecule has 0 radical (unpaired) electrons. The molecule has 156 valence electrons. The van der Waals surface area contributed by atoms with Gasteiger partial charge in [-0.1, -0.05) is 17.7 Å². The fraction of sp³-hybridized carbons (Fsp3) is 0.400. The number of anilines is 1. The van der Waals surface area contributed by atoms with Crippen LogP contribution in [-0.2, 0) is 6.18 Å². The van der Waals surface area contributed by atoms with E-state index in [1.165, 1.54) is 6.07 Å². The highest BCUT2D eigenvalue weighted by Gasteiger charge is 2.31. The monoisotopic (exact) mass is 408 g/mol. The Kier molecular flexibility index (Phi) is 6.46. The number of halogens is 3. The molecule has 1 N–H and O–H groups in total. The van der Waals surface area contributed by atoms with Gasteiger partial charge >= 0.3 is 12.2 Å². The lowest BCUT2D eigenvalue weighted by molar-refractivity contribution is -0.137. The van der Waals surface area contributed by atoms with Gasteiger partial charge < -0.3 is 19.9 Å². The van der Waals surface area contributed by atoms with Gasteiger partial charge in [-0.15, -0.1) is 0 Å². The number of carbonyl (C=O) groups excluding carboxylic acids is 1. The van der Waals surface area contributed by atoms with Gasteiger partial charge in [0.2, 0.25) is 0 Å². The summed E-state index contributed by atoms with van der Waals surface area (Å²) in [4.78, 5) is 19.7. The number of ether oxygens (including phenoxy) is 1. The second-order valence-corrected chi connectivity index (χ2v) is 6.77. The zero-order valence-corrected chi connectivity index (χ0v) is 16.1. The van der Waals surface area contributed by atoms with Gasteiger partial charge in [-0.05, 0) is 31.2 Å². The standard InChI is InChI=1S/C20H23F3N4O2/c1-15-2-5-17(6-3-15)29-13-8-24-19(28)27-11-9-26(10-12-27)18-7-4-16(14-25-18)20(21,22)23/h2-7,14H,8-13H2,1H3,(H,24,28). The Morgan fingerprint density at radius 2 is 1.79 bits per heavy atom. The summed E-state index contributed by atoms with van der Waals surface area (Å²) in [5.41, 5.74) is 0.378. The first-order valence-electron chi connectivity index (χ1n) is 9.33. The molecule has 2 aromatic rings. The Balaban J connectivity index is 1.39. The van der Waals surface area contributed by atoms with E-state index in [0.29, 0.717) is 45.1 Å². The van der Waals surface area contributed by atoms with Crippen molar-refractivity contribution in [3.05, 3.63) is 53.7 Å². The number of urea groups is 1. The molecular formula is C20H23F3N4O2. The number of hydrogen-bond acceptors (Lipinski definition) is 4. The van der Waals surface area contributed by atoms with E-state index in [0.717, 1.165) is 23.6 Å². The van der Waals surface area contributed by atoms with Gasteiger partial charge in [0.25, 0.3) is 0 Å². The minimum Gasteiger partial charge on any atom is -0.492 e. The molecule has 0 unspecified atom stereocenters. The second-order valence-electron chi connectivity index (χ2n) is 6.77. The third kappa shape index (κ3) is 5.75. The van der Waals surface area contributed by atoms with E-state index in [-0.39, 0.29) is 6.03 Å². The van der Waals surface area contributed by atoms with E-state index < -0.39 is 11.7 Å². The van der Waals surface area contributed by atoms with Crippen LogP contribution in [0.2, 0.25) is 0 Å². The molecule has 0 aliphatic carbocycles. The second kappa shape index (κ2) is 9.02. The molecule has 1 aliphatic rings. The topological polar surface area (TPSA) is 57.7 Å². The van der Waals surface area contributed by atoms with Crippen molar-refractivity contribution in [2.45, 2.75) is 13.1 Å². The average molecular weight is 408 g/mol. The number of pyridine rings is 1. The van der Waals surface area contributed by atoms with Crippen molar-refractivity contribution in [2.75, 3.05) is 44.2 Å². The molecule has 1 saturated heterocycles. The normalized spacial score (nSPS) is 14.6. The number of piperazine rings is 1. The Labute approximate surface area is 167 Å². The van der Waals surface area contributed by atoms with Crippen molar-refractivity contribution in [2.24, 2.45) is 0 Å². The van der Waals surface area contributed by atoms with Gasteiger partial charge in [0, 0.05) is 32.4 Å². The highest BCUT2D eigenvalue weighted by Crippen LogP contribution is 2.29. The van der Waals surface area contributed by atoms with Gasteiger partial charge in [-0.25, -0.2) is 9.78 Å². The molecular weight excluding hydrogens is 385 g/mol. The fourth-order valence-electron chi connectivity index (χ4n) is 2.95. The minimum absolute atomic E-state index is 0.183. The van der Waals surface area contributed by atoms with Crippen molar-refractivity contribution in [1.29, 1.82) is 0 Å². The molecule has 2 heterocycles. The van der Waals surface area contributed by atoms with E-state index in [9.17, 15) is 18.0 Å². The third-order valence-corrected chi connectivity index (χ3v) is 4.63. The Morgan fingerprint density at radius 3 is 2.38 bits per heavy atom. The molecule has 1 fully saturated rings. The zero-order chi connectivity index (χ0) is 20.9. The fourth-order valence-corrected chi connectivity index (χ4v) is 2.95. The van der Waals surface area contributed by atoms with Gasteiger partial charge in [0.15, 0.2) is 0 Å². The number of nitrogens with zero attached hydrogens (tertiary/aromatic N) is 3. The van der Waals surface area contributed by atoms with Gasteiger partial charge in [0.05, 0.1) is 12.1 Å². The molecule has 6 nitrogen and oxygen atoms in total. The Hall–Kier alpha value is -2.97. The van der Waals surface area contributed by atoms with Crippen molar-refractivity contribution >= 4 is 11.8 Å². The van der Waals surface area contributed by atoms with Crippen LogP contribution in [0.5, 0.6) is 5.75 Å². The SMILES string of the molecule is Cc1ccc(OCCNC(=O)N2CCN(c3ccc(C(F)(F)F)cn3)CC2)cc1. The zero-order valence-electron chi connectivity index (χ0n) is 16.1. The summed E-state index contributed by atoms with van der Waals surface area (Å²) in [6, 6.07) is 9.88. The van der Waals surface area contributed by atoms with E-state index >= 15 is 0 Å². The van der Waals surface area contributed by atoms with Crippen LogP contribution in [0.1, 0.15) is 11.1 Å². The summed E-state index contributed by atoms with van der Waals surface area (Å²) in [7, 11) is 0. The summed E-state index contributed by atoms with van der Waals surface area (Å²) in [5, 5.41) is 2.82. The lowest BCUT2D eigenvalue weighted by Gasteiger charge is -2.35. The van der Waals surface area contributed by atoms with Crippen LogP contribution in [-0.4, -0.2) is 55.2 Å². The highest BCUT2D eigenvalue weighted by atomic mass is 19.4. The van der Waals surface area contributed by atoms with E-state index in [1.807, 2.05) is 36.1 Å². The molecule has 1 aromatic carbocycles. The number of aryl methyl sites for hydroxylation is 1. The van der Waals surface area contributed by atoms with E-state index in [2.05, 4.69) is 10.3 Å². The van der Waals surface area contributed by atoms with Crippen LogP contribution in [0.4, 0.5) is 23.8 Å². The quantitative estimate of drug-likeness (QED) is 0.772. The maximum atomic E-state index is 12.6. The molecule has 2 amide bonds. The average Bonchev–Trinajstić information content (AvgIpc) is 2.72. The molecule has 0 saturated carbocycles. The van der Waals surface area contributed by atoms with E-state index in [1.54, 1.807) is 4.90 Å². The van der Waals surface area contributed by atoms with Crippen LogP contribution >= 0.6 is 0 Å². The molecule has 0 spiro atoms. The minimum atomic E-state index is -4.40. The number of amides is 2. The lowest BCUT2D eigenvalue weighted by atomic mass is 10.2. The van der Waals surface area contributed by atoms with Crippen LogP contribution in [0.3, 0.4) is 0 Å². The van der Waals surface area contributed by atoms with Crippen molar-refractivity contribution in [1.82, 2.24) is 15.2 Å². The predicted octanol–water partition coefficient (Wildman–Crippen LogP) is 3.32. The first kappa shape index (κ1) is 20.8. The number of nitrogens with one attached hydrogen (secondary N) is 1. The molecule has 9 heteroatoms. The van der Waals surface area contributed by atoms with Gasteiger partial charge in [0.1, 0.15) is 18.2 Å². The van der Waals surface area contributed by atoms with E-state index in [4.69, 9.17) is 4.74 Å². The summed E-state index contributed by atoms with van der Waals surface area (Å²) < 4.78 is 43.5. The number of hydrogen-bond donors (Lipinski definition) is 1. The molecule has 3 rings (SSSR count). The first-order chi connectivity index (χ1) is 13.8. The van der Waals surface area contributed by atoms with Crippen LogP contribution in [0.15, 0.2) is 42.6 Å². The third-order valence-electron chi connectivity index (χ3n) is 4.63. The van der Waals surface area contributed by atoms with Crippen molar-refractivity contribution in [3.8, 4) is 5.75 Å². The van der Waals surface area contributed by atoms with Crippen LogP contribution < -0.4 is 15.0 Å². The number of benzene rings is 1. The number of rotatable bonds is 5. The molecule has 0 bridgehead atoms. The maximum Gasteiger partial charge on any atom is 0.417 e. The van der Waals surface area contributed by atoms with Crippen molar-refractivity contribution < 1.29 is 22.7 Å². The summed E-state index contributed by atoms with van der Waals surface area (Å²) in [6.45, 7) is 4.69. The number of alkyl halides is 3. The molecule has 0 atom stereocenters. The van der Waals surface area contributed by atoms with Gasteiger partial charge in [-0.3, -0.25) is 0 Å². The number of carbonyl (C=O) groups is 1. The van der Waals surface area contributed by atoms with Crippen molar-refractivity contribution in [3.63, 3.8) is 0 Å². The number of aromatic nitrogens is 1. The largest absolute Gasteiger partial charge is 0.492 e. The smallest absolute Gasteiger partial charge is 0.417 e.